The number of carbonyl (C=O) groups is 2. The van der Waals surface area contributed by atoms with Crippen molar-refractivity contribution in [2.24, 2.45) is 5.92 Å². The van der Waals surface area contributed by atoms with E-state index in [0.29, 0.717) is 39.3 Å². The van der Waals surface area contributed by atoms with Crippen LogP contribution in [-0.2, 0) is 19.1 Å². The van der Waals surface area contributed by atoms with E-state index in [1.807, 2.05) is 4.90 Å². The minimum absolute atomic E-state index is 0. The first-order valence-electron chi connectivity index (χ1n) is 8.49. The van der Waals surface area contributed by atoms with Gasteiger partial charge in [-0.2, -0.15) is 0 Å². The molecule has 2 amide bonds. The Morgan fingerprint density at radius 3 is 2.83 bits per heavy atom. The van der Waals surface area contributed by atoms with E-state index in [1.165, 1.54) is 0 Å². The molecule has 24 heavy (non-hydrogen) atoms. The summed E-state index contributed by atoms with van der Waals surface area (Å²) in [5.41, 5.74) is 0. The molecule has 3 atom stereocenters. The molecule has 3 unspecified atom stereocenters. The average Bonchev–Trinajstić information content (AvgIpc) is 2.56. The highest BCUT2D eigenvalue weighted by Gasteiger charge is 2.33. The first-order chi connectivity index (χ1) is 11.1. The molecule has 2 rings (SSSR count). The second-order valence-electron chi connectivity index (χ2n) is 6.38. The Labute approximate surface area is 150 Å². The maximum Gasteiger partial charge on any atom is 0.224 e. The van der Waals surface area contributed by atoms with E-state index >= 15 is 0 Å². The molecular formula is C16H30ClN3O4. The van der Waals surface area contributed by atoms with Crippen LogP contribution in [0.25, 0.3) is 0 Å². The molecule has 0 aliphatic carbocycles. The van der Waals surface area contributed by atoms with Gasteiger partial charge in [0.2, 0.25) is 11.8 Å². The van der Waals surface area contributed by atoms with Gasteiger partial charge in [-0.25, -0.2) is 0 Å². The molecule has 2 N–H and O–H groups in total. The number of amides is 2. The number of hydrogen-bond acceptors (Lipinski definition) is 5. The molecular weight excluding hydrogens is 334 g/mol. The number of methoxy groups -OCH3 is 1. The van der Waals surface area contributed by atoms with E-state index in [2.05, 4.69) is 17.6 Å². The van der Waals surface area contributed by atoms with Gasteiger partial charge in [0.25, 0.3) is 0 Å². The van der Waals surface area contributed by atoms with Crippen LogP contribution in [0.4, 0.5) is 0 Å². The zero-order valence-electron chi connectivity index (χ0n) is 14.6. The van der Waals surface area contributed by atoms with Crippen molar-refractivity contribution >= 4 is 24.2 Å². The van der Waals surface area contributed by atoms with Crippen LogP contribution < -0.4 is 10.6 Å². The molecule has 0 spiro atoms. The lowest BCUT2D eigenvalue weighted by molar-refractivity contribution is -0.139. The number of likely N-dealkylation sites (tertiary alicyclic amines) is 1. The fourth-order valence-electron chi connectivity index (χ4n) is 3.17. The van der Waals surface area contributed by atoms with E-state index < -0.39 is 0 Å². The van der Waals surface area contributed by atoms with Gasteiger partial charge in [-0.1, -0.05) is 0 Å². The topological polar surface area (TPSA) is 79.9 Å². The number of halogens is 1. The smallest absolute Gasteiger partial charge is 0.224 e. The van der Waals surface area contributed by atoms with Crippen molar-refractivity contribution in [3.8, 4) is 0 Å². The van der Waals surface area contributed by atoms with Crippen molar-refractivity contribution in [1.82, 2.24) is 15.5 Å². The van der Waals surface area contributed by atoms with E-state index in [1.54, 1.807) is 7.11 Å². The van der Waals surface area contributed by atoms with Crippen LogP contribution in [0.2, 0.25) is 0 Å². The average molecular weight is 364 g/mol. The Morgan fingerprint density at radius 2 is 2.17 bits per heavy atom. The van der Waals surface area contributed by atoms with Gasteiger partial charge < -0.3 is 25.0 Å². The summed E-state index contributed by atoms with van der Waals surface area (Å²) in [6, 6.07) is 0.273. The highest BCUT2D eigenvalue weighted by atomic mass is 35.5. The van der Waals surface area contributed by atoms with Crippen LogP contribution >= 0.6 is 12.4 Å². The summed E-state index contributed by atoms with van der Waals surface area (Å²) in [4.78, 5) is 26.6. The van der Waals surface area contributed by atoms with Crippen molar-refractivity contribution in [3.63, 3.8) is 0 Å². The molecule has 0 radical (unpaired) electrons. The van der Waals surface area contributed by atoms with Crippen molar-refractivity contribution < 1.29 is 19.1 Å². The van der Waals surface area contributed by atoms with Gasteiger partial charge in [0.15, 0.2) is 0 Å². The number of ether oxygens (including phenoxy) is 2. The lowest BCUT2D eigenvalue weighted by atomic mass is 9.92. The fourth-order valence-corrected chi connectivity index (χ4v) is 3.17. The van der Waals surface area contributed by atoms with Crippen LogP contribution in [0.3, 0.4) is 0 Å². The van der Waals surface area contributed by atoms with Gasteiger partial charge in [0.1, 0.15) is 0 Å². The zero-order valence-corrected chi connectivity index (χ0v) is 15.4. The fraction of sp³-hybridized carbons (Fsp3) is 0.875. The van der Waals surface area contributed by atoms with Gasteiger partial charge in [0, 0.05) is 45.2 Å². The predicted molar refractivity (Wildman–Crippen MR) is 93.3 cm³/mol. The highest BCUT2D eigenvalue weighted by molar-refractivity contribution is 5.85. The third kappa shape index (κ3) is 6.20. The molecule has 0 aromatic heterocycles. The van der Waals surface area contributed by atoms with E-state index in [0.717, 1.165) is 19.4 Å². The van der Waals surface area contributed by atoms with Gasteiger partial charge >= 0.3 is 0 Å². The summed E-state index contributed by atoms with van der Waals surface area (Å²) in [5, 5.41) is 6.18. The molecule has 2 fully saturated rings. The number of rotatable bonds is 6. The molecule has 0 saturated carbocycles. The molecule has 0 bridgehead atoms. The summed E-state index contributed by atoms with van der Waals surface area (Å²) in [7, 11) is 1.61. The molecule has 140 valence electrons. The van der Waals surface area contributed by atoms with Crippen molar-refractivity contribution in [2.75, 3.05) is 46.6 Å². The Hall–Kier alpha value is -0.890. The minimum atomic E-state index is -0.123. The Morgan fingerprint density at radius 1 is 1.38 bits per heavy atom. The summed E-state index contributed by atoms with van der Waals surface area (Å²) in [6.45, 7) is 5.65. The lowest BCUT2D eigenvalue weighted by Gasteiger charge is -2.38. The highest BCUT2D eigenvalue weighted by Crippen LogP contribution is 2.23. The standard InChI is InChI=1S/C16H29N3O4.ClH/c1-12-3-4-13(16(21)18-5-7-22-2)10-19(12)15(20)9-14-11-23-8-6-17-14;/h12-14,17H,3-11H2,1-2H3,(H,18,21);1H. The van der Waals surface area contributed by atoms with E-state index in [-0.39, 0.29) is 42.2 Å². The van der Waals surface area contributed by atoms with Gasteiger partial charge in [-0.3, -0.25) is 9.59 Å². The molecule has 2 saturated heterocycles. The maximum atomic E-state index is 12.6. The number of piperidine rings is 1. The SMILES string of the molecule is COCCNC(=O)C1CCC(C)N(C(=O)CC2COCCN2)C1.Cl. The summed E-state index contributed by atoms with van der Waals surface area (Å²) in [5.74, 6) is 0.00309. The molecule has 2 aliphatic heterocycles. The van der Waals surface area contributed by atoms with Gasteiger partial charge in [-0.15, -0.1) is 12.4 Å². The number of nitrogens with zero attached hydrogens (tertiary/aromatic N) is 1. The molecule has 0 aromatic rings. The first-order valence-corrected chi connectivity index (χ1v) is 8.49. The van der Waals surface area contributed by atoms with Crippen molar-refractivity contribution in [2.45, 2.75) is 38.3 Å². The largest absolute Gasteiger partial charge is 0.383 e. The second kappa shape index (κ2) is 10.9. The van der Waals surface area contributed by atoms with Crippen molar-refractivity contribution in [1.29, 1.82) is 0 Å². The Balaban J connectivity index is 0.00000288. The normalized spacial score (nSPS) is 27.2. The lowest BCUT2D eigenvalue weighted by Crippen LogP contribution is -2.52. The summed E-state index contributed by atoms with van der Waals surface area (Å²) in [6.07, 6.45) is 2.12. The third-order valence-electron chi connectivity index (χ3n) is 4.60. The number of morpholine rings is 1. The van der Waals surface area contributed by atoms with Crippen LogP contribution in [-0.4, -0.2) is 75.4 Å². The first kappa shape index (κ1) is 21.2. The van der Waals surface area contributed by atoms with Crippen LogP contribution in [0.5, 0.6) is 0 Å². The van der Waals surface area contributed by atoms with Crippen molar-refractivity contribution in [3.05, 3.63) is 0 Å². The molecule has 2 aliphatic rings. The van der Waals surface area contributed by atoms with Gasteiger partial charge in [-0.05, 0) is 19.8 Å². The van der Waals surface area contributed by atoms with E-state index in [4.69, 9.17) is 9.47 Å². The van der Waals surface area contributed by atoms with Crippen LogP contribution in [0.15, 0.2) is 0 Å². The van der Waals surface area contributed by atoms with Crippen LogP contribution in [0, 0.1) is 5.92 Å². The summed E-state index contributed by atoms with van der Waals surface area (Å²) >= 11 is 0. The third-order valence-corrected chi connectivity index (χ3v) is 4.60. The zero-order chi connectivity index (χ0) is 16.7. The monoisotopic (exact) mass is 363 g/mol. The maximum absolute atomic E-state index is 12.6. The van der Waals surface area contributed by atoms with Gasteiger partial charge in [0.05, 0.1) is 25.7 Å². The molecule has 0 aromatic carbocycles. The Kier molecular flexibility index (Phi) is 9.58. The quantitative estimate of drug-likeness (QED) is 0.658. The Bertz CT molecular complexity index is 405. The number of hydrogen-bond donors (Lipinski definition) is 2. The minimum Gasteiger partial charge on any atom is -0.383 e. The predicted octanol–water partition coefficient (Wildman–Crippen LogP) is 0.176. The number of carbonyl (C=O) groups excluding carboxylic acids is 2. The number of nitrogens with one attached hydrogen (secondary N) is 2. The summed E-state index contributed by atoms with van der Waals surface area (Å²) < 4.78 is 10.3. The molecule has 7 nitrogen and oxygen atoms in total. The van der Waals surface area contributed by atoms with E-state index in [9.17, 15) is 9.59 Å². The van der Waals surface area contributed by atoms with Crippen LogP contribution in [0.1, 0.15) is 26.2 Å². The molecule has 8 heteroatoms. The molecule has 2 heterocycles. The second-order valence-corrected chi connectivity index (χ2v) is 6.38.